The van der Waals surface area contributed by atoms with Gasteiger partial charge in [-0.25, -0.2) is 8.60 Å². The van der Waals surface area contributed by atoms with Crippen molar-refractivity contribution < 1.29 is 18.2 Å². The first-order valence-corrected chi connectivity index (χ1v) is 6.04. The molecule has 0 unspecified atom stereocenters. The predicted octanol–water partition coefficient (Wildman–Crippen LogP) is 0.935. The van der Waals surface area contributed by atoms with Gasteiger partial charge in [-0.1, -0.05) is 13.0 Å². The second kappa shape index (κ2) is 6.20. The van der Waals surface area contributed by atoms with E-state index in [4.69, 9.17) is 0 Å². The van der Waals surface area contributed by atoms with Crippen molar-refractivity contribution in [3.05, 3.63) is 29.6 Å². The van der Waals surface area contributed by atoms with E-state index < -0.39 is 17.5 Å². The fraction of sp³-hybridized carbons (Fsp3) is 0.250. The largest absolute Gasteiger partial charge is 0.308 e. The number of ketones is 1. The van der Waals surface area contributed by atoms with Crippen molar-refractivity contribution in [1.29, 1.82) is 0 Å². The van der Waals surface area contributed by atoms with Crippen LogP contribution in [0.1, 0.15) is 12.5 Å². The predicted molar refractivity (Wildman–Crippen MR) is 68.4 cm³/mol. The number of likely N-dealkylation sites (N-methyl/N-ethyl adjacent to an activating group) is 1. The Kier molecular flexibility index (Phi) is 4.91. The van der Waals surface area contributed by atoms with Crippen LogP contribution in [-0.4, -0.2) is 28.3 Å². The number of halogens is 1. The standard InChI is InChI=1S/C12H12FNO3S/c1-3-8-4-5-9(13)6-10(8)14(2)12(16)11(15)7-18-17/h4-7H,3H2,1-2H3. The fourth-order valence-electron chi connectivity index (χ4n) is 1.52. The Bertz CT molecular complexity index is 538. The van der Waals surface area contributed by atoms with Gasteiger partial charge < -0.3 is 4.90 Å². The van der Waals surface area contributed by atoms with E-state index in [1.807, 2.05) is 6.92 Å². The summed E-state index contributed by atoms with van der Waals surface area (Å²) in [6, 6.07) is 4.04. The molecule has 1 aromatic carbocycles. The highest BCUT2D eigenvalue weighted by molar-refractivity contribution is 7.67. The maximum absolute atomic E-state index is 13.2. The number of rotatable bonds is 4. The molecule has 0 radical (unpaired) electrons. The summed E-state index contributed by atoms with van der Waals surface area (Å²) in [7, 11) is 1.37. The molecule has 0 aliphatic rings. The third kappa shape index (κ3) is 3.10. The zero-order chi connectivity index (χ0) is 13.7. The summed E-state index contributed by atoms with van der Waals surface area (Å²) in [5.41, 5.74) is 1.08. The molecule has 0 bridgehead atoms. The molecule has 0 aromatic heterocycles. The average molecular weight is 269 g/mol. The lowest BCUT2D eigenvalue weighted by molar-refractivity contribution is -0.132. The summed E-state index contributed by atoms with van der Waals surface area (Å²) >= 11 is -0.0824. The lowest BCUT2D eigenvalue weighted by atomic mass is 10.1. The maximum Gasteiger partial charge on any atom is 0.299 e. The molecule has 0 aliphatic carbocycles. The summed E-state index contributed by atoms with van der Waals surface area (Å²) in [5, 5.41) is 0.684. The topological polar surface area (TPSA) is 54.5 Å². The number of benzene rings is 1. The highest BCUT2D eigenvalue weighted by atomic mass is 32.1. The molecule has 0 atom stereocenters. The monoisotopic (exact) mass is 269 g/mol. The molecule has 18 heavy (non-hydrogen) atoms. The van der Waals surface area contributed by atoms with Gasteiger partial charge in [0.05, 0.1) is 16.6 Å². The van der Waals surface area contributed by atoms with E-state index in [9.17, 15) is 18.2 Å². The van der Waals surface area contributed by atoms with Crippen molar-refractivity contribution in [2.24, 2.45) is 0 Å². The summed E-state index contributed by atoms with van der Waals surface area (Å²) in [6.07, 6.45) is 0.599. The van der Waals surface area contributed by atoms with Crippen LogP contribution in [0.25, 0.3) is 0 Å². The molecule has 1 aromatic rings. The molecule has 0 spiro atoms. The van der Waals surface area contributed by atoms with Crippen LogP contribution in [0, 0.1) is 5.82 Å². The normalized spacial score (nSPS) is 9.72. The van der Waals surface area contributed by atoms with Crippen LogP contribution >= 0.6 is 0 Å². The van der Waals surface area contributed by atoms with Crippen molar-refractivity contribution >= 4 is 34.0 Å². The van der Waals surface area contributed by atoms with Gasteiger partial charge in [0.15, 0.2) is 0 Å². The molecule has 0 saturated heterocycles. The second-order valence-corrected chi connectivity index (χ2v) is 4.00. The quantitative estimate of drug-likeness (QED) is 0.603. The molecular weight excluding hydrogens is 257 g/mol. The Morgan fingerprint density at radius 2 is 2.11 bits per heavy atom. The smallest absolute Gasteiger partial charge is 0.299 e. The minimum atomic E-state index is -0.913. The van der Waals surface area contributed by atoms with Gasteiger partial charge in [-0.2, -0.15) is 0 Å². The average Bonchev–Trinajstić information content (AvgIpc) is 2.37. The minimum absolute atomic E-state index is 0.0824. The molecule has 1 amide bonds. The number of anilines is 1. The van der Waals surface area contributed by atoms with Crippen LogP contribution in [-0.2, 0) is 27.3 Å². The SMILES string of the molecule is CCc1ccc(F)cc1N(C)C(=O)C(=O)C=S=O. The fourth-order valence-corrected chi connectivity index (χ4v) is 1.71. The number of carbonyl (C=O) groups is 2. The van der Waals surface area contributed by atoms with Gasteiger partial charge in [-0.3, -0.25) is 9.59 Å². The Labute approximate surface area is 107 Å². The number of hydrogen-bond acceptors (Lipinski definition) is 3. The van der Waals surface area contributed by atoms with Crippen molar-refractivity contribution in [3.8, 4) is 0 Å². The molecule has 0 N–H and O–H groups in total. The molecule has 4 nitrogen and oxygen atoms in total. The van der Waals surface area contributed by atoms with Crippen molar-refractivity contribution in [3.63, 3.8) is 0 Å². The number of amides is 1. The summed E-state index contributed by atoms with van der Waals surface area (Å²) in [4.78, 5) is 24.0. The highest BCUT2D eigenvalue weighted by Crippen LogP contribution is 2.21. The van der Waals surface area contributed by atoms with Gasteiger partial charge in [0.2, 0.25) is 0 Å². The number of aryl methyl sites for hydroxylation is 1. The Morgan fingerprint density at radius 1 is 1.44 bits per heavy atom. The number of nitrogens with zero attached hydrogens (tertiary/aromatic N) is 1. The van der Waals surface area contributed by atoms with Gasteiger partial charge in [0, 0.05) is 12.7 Å². The van der Waals surface area contributed by atoms with Crippen molar-refractivity contribution in [2.45, 2.75) is 13.3 Å². The van der Waals surface area contributed by atoms with E-state index in [1.54, 1.807) is 6.07 Å². The molecule has 6 heteroatoms. The minimum Gasteiger partial charge on any atom is -0.308 e. The zero-order valence-corrected chi connectivity index (χ0v) is 10.8. The van der Waals surface area contributed by atoms with Crippen LogP contribution in [0.5, 0.6) is 0 Å². The number of carbonyl (C=O) groups excluding carboxylic acids is 2. The van der Waals surface area contributed by atoms with Crippen molar-refractivity contribution in [1.82, 2.24) is 0 Å². The van der Waals surface area contributed by atoms with Gasteiger partial charge in [0.25, 0.3) is 11.7 Å². The molecule has 0 heterocycles. The Balaban J connectivity index is 3.13. The lowest BCUT2D eigenvalue weighted by Crippen LogP contribution is -2.34. The molecule has 1 rings (SSSR count). The van der Waals surface area contributed by atoms with E-state index in [-0.39, 0.29) is 11.3 Å². The summed E-state index contributed by atoms with van der Waals surface area (Å²) < 4.78 is 23.4. The molecule has 0 aliphatic heterocycles. The zero-order valence-electron chi connectivity index (χ0n) is 9.97. The van der Waals surface area contributed by atoms with Crippen LogP contribution in [0.3, 0.4) is 0 Å². The molecule has 96 valence electrons. The first-order valence-electron chi connectivity index (χ1n) is 5.23. The van der Waals surface area contributed by atoms with E-state index in [0.29, 0.717) is 17.5 Å². The third-order valence-electron chi connectivity index (χ3n) is 2.46. The summed E-state index contributed by atoms with van der Waals surface area (Å²) in [5.74, 6) is -2.26. The van der Waals surface area contributed by atoms with E-state index in [1.165, 1.54) is 19.2 Å². The summed E-state index contributed by atoms with van der Waals surface area (Å²) in [6.45, 7) is 1.86. The van der Waals surface area contributed by atoms with Crippen LogP contribution in [0.15, 0.2) is 18.2 Å². The lowest BCUT2D eigenvalue weighted by Gasteiger charge is -2.18. The second-order valence-electron chi connectivity index (χ2n) is 3.57. The van der Waals surface area contributed by atoms with Gasteiger partial charge in [0.1, 0.15) is 5.82 Å². The number of hydrogen-bond donors (Lipinski definition) is 0. The highest BCUT2D eigenvalue weighted by Gasteiger charge is 2.20. The maximum atomic E-state index is 13.2. The van der Waals surface area contributed by atoms with E-state index >= 15 is 0 Å². The molecular formula is C12H12FNO3S. The van der Waals surface area contributed by atoms with Gasteiger partial charge >= 0.3 is 0 Å². The molecule has 0 saturated carbocycles. The van der Waals surface area contributed by atoms with E-state index in [0.717, 1.165) is 10.5 Å². The Morgan fingerprint density at radius 3 is 2.67 bits per heavy atom. The van der Waals surface area contributed by atoms with Crippen LogP contribution < -0.4 is 4.90 Å². The first kappa shape index (κ1) is 14.2. The van der Waals surface area contributed by atoms with Crippen LogP contribution in [0.4, 0.5) is 10.1 Å². The van der Waals surface area contributed by atoms with Gasteiger partial charge in [-0.05, 0) is 24.1 Å². The third-order valence-corrected chi connectivity index (χ3v) is 2.77. The Hall–Kier alpha value is -1.82. The van der Waals surface area contributed by atoms with Crippen LogP contribution in [0.2, 0.25) is 0 Å². The van der Waals surface area contributed by atoms with Gasteiger partial charge in [-0.15, -0.1) is 0 Å². The number of Topliss-reactive ketones (excluding diaryl/α,β-unsaturated/α-hetero) is 1. The van der Waals surface area contributed by atoms with E-state index in [2.05, 4.69) is 0 Å². The van der Waals surface area contributed by atoms with Crippen molar-refractivity contribution in [2.75, 3.05) is 11.9 Å². The molecule has 0 fully saturated rings. The first-order chi connectivity index (χ1) is 8.51.